The molecule has 0 bridgehead atoms. The summed E-state index contributed by atoms with van der Waals surface area (Å²) < 4.78 is 7.24. The molecule has 1 aliphatic heterocycles. The fourth-order valence-corrected chi connectivity index (χ4v) is 16.4. The smallest absolute Gasteiger partial charge is 0.0631 e. The van der Waals surface area contributed by atoms with Crippen molar-refractivity contribution in [2.45, 2.75) is 12.0 Å². The van der Waals surface area contributed by atoms with Crippen molar-refractivity contribution in [2.75, 3.05) is 14.7 Å². The van der Waals surface area contributed by atoms with Crippen LogP contribution in [0, 0.1) is 0 Å². The summed E-state index contributed by atoms with van der Waals surface area (Å²) in [6, 6.07) is 123. The van der Waals surface area contributed by atoms with Crippen LogP contribution in [-0.4, -0.2) is 19.7 Å². The summed E-state index contributed by atoms with van der Waals surface area (Å²) in [6.45, 7) is 0. The zero-order valence-corrected chi connectivity index (χ0v) is 52.3. The Morgan fingerprint density at radius 2 is 0.625 bits per heavy atom. The topological polar surface area (TPSA) is 24.5 Å². The van der Waals surface area contributed by atoms with E-state index in [1.165, 1.54) is 87.4 Å². The SMILES string of the molecule is C1=CC2C(C=C1N(c1ccc3c(c1)c1ccccc1n3-c1ccccc1)c1cc3cc(N(c4ccc5c(c4)c4ccccc4n5-c4ccccc4)c4ccc5c(c4)c4ccccc4n5-c4ccccc4)c4ccccc4c3c3ccccc13)c1ccccc1N2c1ccccc1. The molecule has 2 unspecified atom stereocenters. The van der Waals surface area contributed by atoms with E-state index in [1.54, 1.807) is 0 Å². The van der Waals surface area contributed by atoms with E-state index in [1.807, 2.05) is 0 Å². The van der Waals surface area contributed by atoms with Gasteiger partial charge in [-0.15, -0.1) is 0 Å². The molecule has 0 saturated heterocycles. The lowest BCUT2D eigenvalue weighted by Gasteiger charge is -2.34. The number of rotatable bonds is 10. The van der Waals surface area contributed by atoms with Crippen molar-refractivity contribution in [2.24, 2.45) is 0 Å². The van der Waals surface area contributed by atoms with Gasteiger partial charge >= 0.3 is 0 Å². The summed E-state index contributed by atoms with van der Waals surface area (Å²) in [5, 5.41) is 14.2. The Morgan fingerprint density at radius 1 is 0.271 bits per heavy atom. The van der Waals surface area contributed by atoms with Crippen LogP contribution in [-0.2, 0) is 0 Å². The van der Waals surface area contributed by atoms with Gasteiger partial charge in [0.25, 0.3) is 0 Å². The fourth-order valence-electron chi connectivity index (χ4n) is 16.4. The van der Waals surface area contributed by atoms with E-state index >= 15 is 0 Å². The molecule has 0 amide bonds. The first-order valence-corrected chi connectivity index (χ1v) is 33.2. The molecule has 6 heteroatoms. The van der Waals surface area contributed by atoms with Gasteiger partial charge in [0, 0.05) is 100 Å². The number of nitrogens with zero attached hydrogens (tertiary/aromatic N) is 6. The molecule has 15 aromatic carbocycles. The van der Waals surface area contributed by atoms with Gasteiger partial charge in [0.15, 0.2) is 0 Å². The van der Waals surface area contributed by atoms with Crippen molar-refractivity contribution in [1.29, 1.82) is 0 Å². The van der Waals surface area contributed by atoms with Gasteiger partial charge in [0.05, 0.1) is 50.5 Å². The van der Waals surface area contributed by atoms with Crippen LogP contribution in [0.25, 0.3) is 115 Å². The first kappa shape index (κ1) is 54.0. The molecule has 1 aliphatic carbocycles. The standard InChI is InChI=1S/C90H60N6/c1-5-25-60(26-6-1)93-80-41-21-17-35-70(80)76-55-64(45-49-84(76)93)91(65-46-50-85-77(56-65)71-36-18-22-42-81(71)94(85)61-27-7-2-8-28-61)88-53-59-54-89(69-34-14-16-40-75(69)90(59)74-39-15-13-33-68(74)88)92(66-47-51-86-78(57-66)72-37-19-23-43-82(72)95(86)62-29-9-3-10-30-62)67-48-52-87-79(58-67)73-38-20-24-44-83(73)96(87)63-31-11-4-12-32-63/h1-58,76,84H. The maximum atomic E-state index is 2.57. The molecule has 3 aromatic heterocycles. The van der Waals surface area contributed by atoms with E-state index in [4.69, 9.17) is 0 Å². The van der Waals surface area contributed by atoms with Crippen LogP contribution in [0.15, 0.2) is 358 Å². The van der Waals surface area contributed by atoms with Crippen LogP contribution in [0.3, 0.4) is 0 Å². The maximum absolute atomic E-state index is 2.57. The molecule has 96 heavy (non-hydrogen) atoms. The molecule has 6 nitrogen and oxygen atoms in total. The monoisotopic (exact) mass is 1220 g/mol. The summed E-state index contributed by atoms with van der Waals surface area (Å²) in [6.07, 6.45) is 7.39. The highest BCUT2D eigenvalue weighted by Crippen LogP contribution is 2.53. The summed E-state index contributed by atoms with van der Waals surface area (Å²) in [7, 11) is 0. The minimum absolute atomic E-state index is 0.0709. The largest absolute Gasteiger partial charge is 0.333 e. The first-order valence-electron chi connectivity index (χ1n) is 33.2. The second-order valence-electron chi connectivity index (χ2n) is 25.6. The molecule has 18 aromatic rings. The zero-order chi connectivity index (χ0) is 63.0. The van der Waals surface area contributed by atoms with Crippen molar-refractivity contribution in [3.63, 3.8) is 0 Å². The van der Waals surface area contributed by atoms with E-state index < -0.39 is 0 Å². The molecule has 2 atom stereocenters. The molecule has 20 rings (SSSR count). The predicted molar refractivity (Wildman–Crippen MR) is 404 cm³/mol. The van der Waals surface area contributed by atoms with Gasteiger partial charge in [0.2, 0.25) is 0 Å². The number of aromatic nitrogens is 3. The molecule has 2 aliphatic rings. The minimum atomic E-state index is 0.0709. The second kappa shape index (κ2) is 21.5. The lowest BCUT2D eigenvalue weighted by molar-refractivity contribution is 0.736. The third kappa shape index (κ3) is 8.18. The number of para-hydroxylation sites is 8. The Bertz CT molecular complexity index is 6080. The van der Waals surface area contributed by atoms with Gasteiger partial charge in [-0.2, -0.15) is 0 Å². The van der Waals surface area contributed by atoms with Crippen molar-refractivity contribution >= 4 is 138 Å². The molecule has 0 spiro atoms. The number of hydrogen-bond acceptors (Lipinski definition) is 3. The summed E-state index contributed by atoms with van der Waals surface area (Å²) in [4.78, 5) is 7.63. The number of fused-ring (bicyclic) bond motifs is 17. The average molecular weight is 1230 g/mol. The normalized spacial score (nSPS) is 14.5. The number of benzene rings is 15. The van der Waals surface area contributed by atoms with Gasteiger partial charge in [-0.25, -0.2) is 0 Å². The van der Waals surface area contributed by atoms with Crippen molar-refractivity contribution in [1.82, 2.24) is 13.7 Å². The minimum Gasteiger partial charge on any atom is -0.333 e. The maximum Gasteiger partial charge on any atom is 0.0631 e. The Labute approximate surface area is 554 Å². The lowest BCUT2D eigenvalue weighted by atomic mass is 9.89. The summed E-state index contributed by atoms with van der Waals surface area (Å²) >= 11 is 0. The molecule has 0 saturated carbocycles. The van der Waals surface area contributed by atoms with Crippen molar-refractivity contribution in [3.8, 4) is 17.1 Å². The van der Waals surface area contributed by atoms with E-state index in [0.717, 1.165) is 78.5 Å². The Kier molecular flexibility index (Phi) is 12.1. The second-order valence-corrected chi connectivity index (χ2v) is 25.6. The number of allylic oxidation sites excluding steroid dienone is 1. The lowest BCUT2D eigenvalue weighted by Crippen LogP contribution is -2.30. The Balaban J connectivity index is 0.856. The third-order valence-electron chi connectivity index (χ3n) is 20.4. The van der Waals surface area contributed by atoms with Crippen LogP contribution >= 0.6 is 0 Å². The quantitative estimate of drug-likeness (QED) is 0.128. The predicted octanol–water partition coefficient (Wildman–Crippen LogP) is 23.8. The van der Waals surface area contributed by atoms with Crippen LogP contribution in [0.2, 0.25) is 0 Å². The summed E-state index contributed by atoms with van der Waals surface area (Å²) in [5.74, 6) is 0.0709. The first-order chi connectivity index (χ1) is 47.7. The van der Waals surface area contributed by atoms with Crippen LogP contribution in [0.1, 0.15) is 11.5 Å². The highest BCUT2D eigenvalue weighted by molar-refractivity contribution is 6.27. The van der Waals surface area contributed by atoms with Gasteiger partial charge in [-0.1, -0.05) is 206 Å². The molecule has 0 radical (unpaired) electrons. The van der Waals surface area contributed by atoms with Crippen LogP contribution in [0.5, 0.6) is 0 Å². The number of anilines is 7. The highest BCUT2D eigenvalue weighted by Gasteiger charge is 2.39. The van der Waals surface area contributed by atoms with Crippen molar-refractivity contribution < 1.29 is 0 Å². The average Bonchev–Trinajstić information content (AvgIpc) is 1.24. The summed E-state index contributed by atoms with van der Waals surface area (Å²) in [5.41, 5.74) is 20.6. The van der Waals surface area contributed by atoms with E-state index in [9.17, 15) is 0 Å². The number of hydrogen-bond donors (Lipinski definition) is 0. The molecular formula is C90H60N6. The van der Waals surface area contributed by atoms with Gasteiger partial charge in [0.1, 0.15) is 0 Å². The van der Waals surface area contributed by atoms with Crippen LogP contribution < -0.4 is 14.7 Å². The van der Waals surface area contributed by atoms with Gasteiger partial charge in [-0.05, 0) is 173 Å². The highest BCUT2D eigenvalue weighted by atomic mass is 15.2. The van der Waals surface area contributed by atoms with Gasteiger partial charge < -0.3 is 28.4 Å². The Morgan fingerprint density at radius 3 is 1.08 bits per heavy atom. The third-order valence-corrected chi connectivity index (χ3v) is 20.4. The molecular weight excluding hydrogens is 1170 g/mol. The zero-order valence-electron chi connectivity index (χ0n) is 52.3. The van der Waals surface area contributed by atoms with E-state index in [0.29, 0.717) is 0 Å². The fraction of sp³-hybridized carbons (Fsp3) is 0.0222. The van der Waals surface area contributed by atoms with Crippen LogP contribution in [0.4, 0.5) is 39.8 Å². The molecule has 4 heterocycles. The molecule has 0 fully saturated rings. The van der Waals surface area contributed by atoms with E-state index in [2.05, 4.69) is 380 Å². The molecule has 0 N–H and O–H groups in total. The Hall–Kier alpha value is -12.6. The van der Waals surface area contributed by atoms with E-state index in [-0.39, 0.29) is 12.0 Å². The van der Waals surface area contributed by atoms with Crippen molar-refractivity contribution in [3.05, 3.63) is 363 Å². The van der Waals surface area contributed by atoms with Gasteiger partial charge in [-0.3, -0.25) is 0 Å². The molecule has 450 valence electrons.